The van der Waals surface area contributed by atoms with Crippen LogP contribution in [0.3, 0.4) is 0 Å². The summed E-state index contributed by atoms with van der Waals surface area (Å²) in [4.78, 5) is 18.3. The van der Waals surface area contributed by atoms with Crippen molar-refractivity contribution in [1.82, 2.24) is 14.4 Å². The van der Waals surface area contributed by atoms with Gasteiger partial charge in [0.05, 0.1) is 18.6 Å². The van der Waals surface area contributed by atoms with Gasteiger partial charge in [-0.2, -0.15) is 0 Å². The van der Waals surface area contributed by atoms with Crippen LogP contribution in [0.15, 0.2) is 18.6 Å². The summed E-state index contributed by atoms with van der Waals surface area (Å²) in [6.07, 6.45) is 4.05. The van der Waals surface area contributed by atoms with Crippen molar-refractivity contribution in [1.29, 1.82) is 0 Å². The minimum absolute atomic E-state index is 0.0300. The molecule has 0 aliphatic carbocycles. The number of aromatic nitrogens is 3. The number of carbonyl (C=O) groups is 1. The number of carboxylic acid groups (broad SMARTS) is 1. The van der Waals surface area contributed by atoms with Crippen molar-refractivity contribution in [2.24, 2.45) is 0 Å². The van der Waals surface area contributed by atoms with Gasteiger partial charge < -0.3 is 5.11 Å². The third-order valence-electron chi connectivity index (χ3n) is 1.59. The second kappa shape index (κ2) is 2.70. The van der Waals surface area contributed by atoms with Crippen LogP contribution in [0.4, 0.5) is 0 Å². The highest BCUT2D eigenvalue weighted by molar-refractivity contribution is 6.29. The number of halogens is 1. The zero-order chi connectivity index (χ0) is 9.42. The van der Waals surface area contributed by atoms with E-state index in [-0.39, 0.29) is 10.8 Å². The summed E-state index contributed by atoms with van der Waals surface area (Å²) < 4.78 is 1.32. The maximum Gasteiger partial charge on any atom is 0.354 e. The minimum atomic E-state index is -1.07. The monoisotopic (exact) mass is 197 g/mol. The van der Waals surface area contributed by atoms with E-state index in [0.29, 0.717) is 5.65 Å². The molecule has 2 rings (SSSR count). The fraction of sp³-hybridized carbons (Fsp3) is 0. The predicted molar refractivity (Wildman–Crippen MR) is 45.0 cm³/mol. The first-order valence-electron chi connectivity index (χ1n) is 3.40. The summed E-state index contributed by atoms with van der Waals surface area (Å²) >= 11 is 5.74. The maximum atomic E-state index is 10.7. The number of fused-ring (bicyclic) bond motifs is 1. The molecule has 0 unspecified atom stereocenters. The molecule has 66 valence electrons. The molecule has 2 heterocycles. The second-order valence-corrected chi connectivity index (χ2v) is 2.76. The van der Waals surface area contributed by atoms with Crippen molar-refractivity contribution in [3.8, 4) is 0 Å². The molecule has 0 saturated carbocycles. The molecule has 1 N–H and O–H groups in total. The van der Waals surface area contributed by atoms with Gasteiger partial charge in [-0.05, 0) is 0 Å². The van der Waals surface area contributed by atoms with Crippen molar-refractivity contribution in [2.45, 2.75) is 0 Å². The van der Waals surface area contributed by atoms with Gasteiger partial charge in [0, 0.05) is 0 Å². The Morgan fingerprint density at radius 2 is 2.23 bits per heavy atom. The molecule has 0 aliphatic rings. The van der Waals surface area contributed by atoms with Crippen molar-refractivity contribution in [3.63, 3.8) is 0 Å². The van der Waals surface area contributed by atoms with E-state index < -0.39 is 5.97 Å². The first kappa shape index (κ1) is 8.00. The Bertz CT molecular complexity index is 480. The second-order valence-electron chi connectivity index (χ2n) is 2.37. The van der Waals surface area contributed by atoms with Crippen LogP contribution in [0.1, 0.15) is 10.5 Å². The van der Waals surface area contributed by atoms with E-state index in [1.807, 2.05) is 0 Å². The van der Waals surface area contributed by atoms with E-state index in [1.165, 1.54) is 23.0 Å². The van der Waals surface area contributed by atoms with Gasteiger partial charge in [0.25, 0.3) is 0 Å². The zero-order valence-corrected chi connectivity index (χ0v) is 7.06. The van der Waals surface area contributed by atoms with Gasteiger partial charge in [-0.3, -0.25) is 9.38 Å². The van der Waals surface area contributed by atoms with Gasteiger partial charge in [0.15, 0.2) is 11.3 Å². The molecule has 2 aromatic rings. The van der Waals surface area contributed by atoms with E-state index in [0.717, 1.165) is 0 Å². The van der Waals surface area contributed by atoms with Crippen LogP contribution >= 0.6 is 11.6 Å². The molecule has 0 spiro atoms. The van der Waals surface area contributed by atoms with Crippen LogP contribution in [-0.2, 0) is 0 Å². The first-order chi connectivity index (χ1) is 6.20. The van der Waals surface area contributed by atoms with Crippen molar-refractivity contribution < 1.29 is 9.90 Å². The highest BCUT2D eigenvalue weighted by Crippen LogP contribution is 2.13. The summed E-state index contributed by atoms with van der Waals surface area (Å²) in [5.41, 5.74) is 0.451. The highest BCUT2D eigenvalue weighted by atomic mass is 35.5. The molecule has 0 aliphatic heterocycles. The van der Waals surface area contributed by atoms with Crippen LogP contribution in [-0.4, -0.2) is 25.4 Å². The molecule has 2 aromatic heterocycles. The van der Waals surface area contributed by atoms with Crippen LogP contribution in [0, 0.1) is 0 Å². The summed E-state index contributed by atoms with van der Waals surface area (Å²) in [5, 5.41) is 8.99. The molecule has 5 nitrogen and oxygen atoms in total. The highest BCUT2D eigenvalue weighted by Gasteiger charge is 2.12. The number of carboxylic acids is 1. The first-order valence-corrected chi connectivity index (χ1v) is 3.78. The van der Waals surface area contributed by atoms with E-state index in [2.05, 4.69) is 9.97 Å². The fourth-order valence-corrected chi connectivity index (χ4v) is 1.29. The number of imidazole rings is 1. The minimum Gasteiger partial charge on any atom is -0.477 e. The van der Waals surface area contributed by atoms with Crippen LogP contribution < -0.4 is 0 Å². The van der Waals surface area contributed by atoms with Crippen molar-refractivity contribution in [2.75, 3.05) is 0 Å². The van der Waals surface area contributed by atoms with E-state index in [4.69, 9.17) is 16.7 Å². The lowest BCUT2D eigenvalue weighted by molar-refractivity contribution is 0.0689. The average molecular weight is 198 g/mol. The number of hydrogen-bond acceptors (Lipinski definition) is 3. The van der Waals surface area contributed by atoms with E-state index in [1.54, 1.807) is 0 Å². The molecule has 0 saturated heterocycles. The molecule has 13 heavy (non-hydrogen) atoms. The lowest BCUT2D eigenvalue weighted by Crippen LogP contribution is -2.02. The SMILES string of the molecule is O=C(O)c1cnc2cncc(Cl)n12. The normalized spacial score (nSPS) is 10.5. The number of aromatic carboxylic acids is 1. The van der Waals surface area contributed by atoms with Crippen LogP contribution in [0.2, 0.25) is 5.15 Å². The van der Waals surface area contributed by atoms with Gasteiger partial charge in [0.1, 0.15) is 5.15 Å². The third kappa shape index (κ3) is 1.13. The number of nitrogens with zero attached hydrogens (tertiary/aromatic N) is 3. The molecule has 0 atom stereocenters. The molecule has 0 radical (unpaired) electrons. The smallest absolute Gasteiger partial charge is 0.354 e. The summed E-state index contributed by atoms with van der Waals surface area (Å²) in [6, 6.07) is 0. The topological polar surface area (TPSA) is 67.5 Å². The lowest BCUT2D eigenvalue weighted by atomic mass is 10.5. The Kier molecular flexibility index (Phi) is 1.66. The number of hydrogen-bond donors (Lipinski definition) is 1. The Hall–Kier alpha value is -1.62. The Morgan fingerprint density at radius 1 is 1.46 bits per heavy atom. The largest absolute Gasteiger partial charge is 0.477 e. The fourth-order valence-electron chi connectivity index (χ4n) is 1.06. The summed E-state index contributed by atoms with van der Waals surface area (Å²) in [7, 11) is 0. The van der Waals surface area contributed by atoms with E-state index >= 15 is 0 Å². The molecule has 6 heteroatoms. The molecule has 0 fully saturated rings. The van der Waals surface area contributed by atoms with Crippen molar-refractivity contribution >= 4 is 23.2 Å². The van der Waals surface area contributed by atoms with Gasteiger partial charge in [-0.15, -0.1) is 0 Å². The molecular weight excluding hydrogens is 194 g/mol. The third-order valence-corrected chi connectivity index (χ3v) is 1.86. The maximum absolute atomic E-state index is 10.7. The van der Waals surface area contributed by atoms with Crippen LogP contribution in [0.25, 0.3) is 5.65 Å². The van der Waals surface area contributed by atoms with E-state index in [9.17, 15) is 4.79 Å². The Labute approximate surface area is 77.6 Å². The van der Waals surface area contributed by atoms with Gasteiger partial charge in [-0.1, -0.05) is 11.6 Å². The van der Waals surface area contributed by atoms with Gasteiger partial charge in [0.2, 0.25) is 0 Å². The van der Waals surface area contributed by atoms with Gasteiger partial charge >= 0.3 is 5.97 Å². The molecular formula is C7H4ClN3O2. The molecule has 0 amide bonds. The Balaban J connectivity index is 2.86. The average Bonchev–Trinajstić information content (AvgIpc) is 2.49. The summed E-state index contributed by atoms with van der Waals surface area (Å²) in [6.45, 7) is 0. The molecule has 0 aromatic carbocycles. The standard InChI is InChI=1S/C7H4ClN3O2/c8-5-2-9-3-6-10-1-4(7(12)13)11(5)6/h1-3H,(H,12,13). The Morgan fingerprint density at radius 3 is 2.92 bits per heavy atom. The number of rotatable bonds is 1. The predicted octanol–water partition coefficient (Wildman–Crippen LogP) is 1.08. The summed E-state index contributed by atoms with van der Waals surface area (Å²) in [5.74, 6) is -1.07. The van der Waals surface area contributed by atoms with Crippen LogP contribution in [0.5, 0.6) is 0 Å². The quantitative estimate of drug-likeness (QED) is 0.743. The zero-order valence-electron chi connectivity index (χ0n) is 6.31. The lowest BCUT2D eigenvalue weighted by Gasteiger charge is -1.97. The van der Waals surface area contributed by atoms with Gasteiger partial charge in [-0.25, -0.2) is 9.78 Å². The molecule has 0 bridgehead atoms. The van der Waals surface area contributed by atoms with Crippen molar-refractivity contribution in [3.05, 3.63) is 29.4 Å².